The number of nitrogens with zero attached hydrogens (tertiary/aromatic N) is 3. The summed E-state index contributed by atoms with van der Waals surface area (Å²) >= 11 is 0. The third-order valence-corrected chi connectivity index (χ3v) is 1.97. The van der Waals surface area contributed by atoms with Crippen LogP contribution < -0.4 is 0 Å². The number of hydrogen-bond acceptors (Lipinski definition) is 2. The molecule has 2 amide bonds. The second-order valence-corrected chi connectivity index (χ2v) is 3.13. The van der Waals surface area contributed by atoms with Gasteiger partial charge in [0, 0.05) is 12.6 Å². The molecule has 1 aliphatic heterocycles. The van der Waals surface area contributed by atoms with E-state index in [0.717, 1.165) is 6.54 Å². The van der Waals surface area contributed by atoms with Crippen LogP contribution in [-0.2, 0) is 0 Å². The number of carbonyl (C=O) groups excluding carboxylic acids is 1. The summed E-state index contributed by atoms with van der Waals surface area (Å²) in [4.78, 5) is 18.6. The molecule has 0 unspecified atom stereocenters. The molecule has 0 atom stereocenters. The van der Waals surface area contributed by atoms with E-state index in [1.807, 2.05) is 11.8 Å². The van der Waals surface area contributed by atoms with E-state index in [1.165, 1.54) is 0 Å². The molecule has 68 valence electrons. The lowest BCUT2D eigenvalue weighted by molar-refractivity contribution is 0.166. The van der Waals surface area contributed by atoms with Crippen LogP contribution in [0.15, 0.2) is 4.99 Å². The van der Waals surface area contributed by atoms with E-state index in [9.17, 15) is 4.79 Å². The van der Waals surface area contributed by atoms with Crippen molar-refractivity contribution >= 4 is 12.4 Å². The minimum absolute atomic E-state index is 0.130. The highest BCUT2D eigenvalue weighted by atomic mass is 16.2. The quantitative estimate of drug-likeness (QED) is 0.621. The third kappa shape index (κ3) is 1.75. The van der Waals surface area contributed by atoms with Gasteiger partial charge < -0.3 is 9.80 Å². The monoisotopic (exact) mass is 169 g/mol. The Labute approximate surface area is 72.9 Å². The van der Waals surface area contributed by atoms with Gasteiger partial charge in [0.1, 0.15) is 0 Å². The molecule has 4 nitrogen and oxygen atoms in total. The van der Waals surface area contributed by atoms with E-state index in [1.54, 1.807) is 11.2 Å². The molecule has 0 N–H and O–H groups in total. The fourth-order valence-corrected chi connectivity index (χ4v) is 1.03. The van der Waals surface area contributed by atoms with Crippen LogP contribution in [0.4, 0.5) is 4.79 Å². The Balaban J connectivity index is 2.64. The lowest BCUT2D eigenvalue weighted by atomic mass is 10.3. The molecular formula is C8H15N3O. The van der Waals surface area contributed by atoms with Crippen LogP contribution in [0.25, 0.3) is 0 Å². The molecule has 0 aromatic heterocycles. The highest BCUT2D eigenvalue weighted by molar-refractivity contribution is 5.85. The smallest absolute Gasteiger partial charge is 0.342 e. The molecule has 0 spiro atoms. The van der Waals surface area contributed by atoms with Gasteiger partial charge in [0.15, 0.2) is 0 Å². The number of carbonyl (C=O) groups is 1. The predicted molar refractivity (Wildman–Crippen MR) is 48.1 cm³/mol. The molecule has 0 saturated carbocycles. The second-order valence-electron chi connectivity index (χ2n) is 3.13. The molecule has 4 heteroatoms. The number of hydrogen-bond donors (Lipinski definition) is 0. The van der Waals surface area contributed by atoms with E-state index >= 15 is 0 Å². The molecule has 0 saturated heterocycles. The summed E-state index contributed by atoms with van der Waals surface area (Å²) in [5.41, 5.74) is 0. The Morgan fingerprint density at radius 1 is 1.67 bits per heavy atom. The summed E-state index contributed by atoms with van der Waals surface area (Å²) in [5, 5.41) is 0. The summed E-state index contributed by atoms with van der Waals surface area (Å²) < 4.78 is 0. The van der Waals surface area contributed by atoms with Crippen LogP contribution >= 0.6 is 0 Å². The van der Waals surface area contributed by atoms with Gasteiger partial charge in [0.25, 0.3) is 0 Å². The predicted octanol–water partition coefficient (Wildman–Crippen LogP) is 1.14. The molecular weight excluding hydrogens is 154 g/mol. The maximum absolute atomic E-state index is 11.1. The zero-order valence-corrected chi connectivity index (χ0v) is 7.82. The van der Waals surface area contributed by atoms with Gasteiger partial charge in [-0.05, 0) is 20.8 Å². The molecule has 1 rings (SSSR count). The maximum Gasteiger partial charge on any atom is 0.346 e. The van der Waals surface area contributed by atoms with Gasteiger partial charge in [0.05, 0.1) is 13.0 Å². The summed E-state index contributed by atoms with van der Waals surface area (Å²) in [6.45, 7) is 7.50. The van der Waals surface area contributed by atoms with Crippen molar-refractivity contribution in [3.8, 4) is 0 Å². The zero-order valence-electron chi connectivity index (χ0n) is 7.82. The summed E-state index contributed by atoms with van der Waals surface area (Å²) in [6, 6.07) is 0.269. The van der Waals surface area contributed by atoms with E-state index in [-0.39, 0.29) is 6.03 Å². The summed E-state index contributed by atoms with van der Waals surface area (Å²) in [7, 11) is 0. The van der Waals surface area contributed by atoms with Crippen molar-refractivity contribution in [1.29, 1.82) is 0 Å². The van der Waals surface area contributed by atoms with Gasteiger partial charge >= 0.3 is 6.03 Å². The molecule has 0 aromatic carbocycles. The summed E-state index contributed by atoms with van der Waals surface area (Å²) in [6.07, 6.45) is 1.62. The number of aliphatic imine (C=N–C) groups is 1. The topological polar surface area (TPSA) is 35.9 Å². The van der Waals surface area contributed by atoms with Crippen molar-refractivity contribution in [2.45, 2.75) is 26.8 Å². The molecule has 0 fully saturated rings. The van der Waals surface area contributed by atoms with Crippen molar-refractivity contribution in [1.82, 2.24) is 9.80 Å². The van der Waals surface area contributed by atoms with Gasteiger partial charge in [-0.25, -0.2) is 4.79 Å². The number of amides is 2. The van der Waals surface area contributed by atoms with Crippen LogP contribution in [0.2, 0.25) is 0 Å². The van der Waals surface area contributed by atoms with Crippen LogP contribution in [0.3, 0.4) is 0 Å². The highest BCUT2D eigenvalue weighted by Crippen LogP contribution is 2.05. The van der Waals surface area contributed by atoms with Crippen molar-refractivity contribution in [3.05, 3.63) is 0 Å². The summed E-state index contributed by atoms with van der Waals surface area (Å²) in [5.74, 6) is 0. The van der Waals surface area contributed by atoms with E-state index in [2.05, 4.69) is 18.8 Å². The third-order valence-electron chi connectivity index (χ3n) is 1.97. The average molecular weight is 169 g/mol. The average Bonchev–Trinajstić information content (AvgIpc) is 2.05. The molecule has 0 bridgehead atoms. The number of rotatable bonds is 2. The van der Waals surface area contributed by atoms with E-state index in [0.29, 0.717) is 12.7 Å². The maximum atomic E-state index is 11.1. The lowest BCUT2D eigenvalue weighted by Crippen LogP contribution is -2.46. The minimum Gasteiger partial charge on any atom is -0.342 e. The van der Waals surface area contributed by atoms with Gasteiger partial charge in [-0.1, -0.05) is 0 Å². The van der Waals surface area contributed by atoms with Crippen LogP contribution in [-0.4, -0.2) is 41.4 Å². The Morgan fingerprint density at radius 3 is 2.83 bits per heavy atom. The molecule has 1 heterocycles. The van der Waals surface area contributed by atoms with Crippen LogP contribution in [0, 0.1) is 0 Å². The molecule has 0 aliphatic carbocycles. The zero-order chi connectivity index (χ0) is 9.14. The van der Waals surface area contributed by atoms with Crippen molar-refractivity contribution in [2.75, 3.05) is 13.2 Å². The SMILES string of the molecule is CCN1CN(C(C)C)C=NC1=O. The van der Waals surface area contributed by atoms with Crippen molar-refractivity contribution in [2.24, 2.45) is 4.99 Å². The Kier molecular flexibility index (Phi) is 2.68. The standard InChI is InChI=1S/C8H15N3O/c1-4-10-6-11(7(2)3)5-9-8(10)12/h5,7H,4,6H2,1-3H3. The van der Waals surface area contributed by atoms with E-state index < -0.39 is 0 Å². The molecule has 0 aromatic rings. The Morgan fingerprint density at radius 2 is 2.33 bits per heavy atom. The first-order valence-corrected chi connectivity index (χ1v) is 4.24. The fraction of sp³-hybridized carbons (Fsp3) is 0.750. The first kappa shape index (κ1) is 9.03. The Hall–Kier alpha value is -1.06. The normalized spacial score (nSPS) is 17.8. The van der Waals surface area contributed by atoms with Gasteiger partial charge in [0.2, 0.25) is 0 Å². The van der Waals surface area contributed by atoms with E-state index in [4.69, 9.17) is 0 Å². The van der Waals surface area contributed by atoms with Crippen molar-refractivity contribution < 1.29 is 4.79 Å². The van der Waals surface area contributed by atoms with Crippen LogP contribution in [0.5, 0.6) is 0 Å². The molecule has 0 radical (unpaired) electrons. The Bertz CT molecular complexity index is 200. The lowest BCUT2D eigenvalue weighted by Gasteiger charge is -2.33. The van der Waals surface area contributed by atoms with Gasteiger partial charge in [-0.2, -0.15) is 4.99 Å². The number of urea groups is 1. The second kappa shape index (κ2) is 3.56. The van der Waals surface area contributed by atoms with Crippen molar-refractivity contribution in [3.63, 3.8) is 0 Å². The fourth-order valence-electron chi connectivity index (χ4n) is 1.03. The van der Waals surface area contributed by atoms with Crippen LogP contribution in [0.1, 0.15) is 20.8 Å². The van der Waals surface area contributed by atoms with Gasteiger partial charge in [-0.3, -0.25) is 0 Å². The molecule has 12 heavy (non-hydrogen) atoms. The minimum atomic E-state index is -0.130. The molecule has 1 aliphatic rings. The first-order valence-electron chi connectivity index (χ1n) is 4.24. The van der Waals surface area contributed by atoms with Gasteiger partial charge in [-0.15, -0.1) is 0 Å². The largest absolute Gasteiger partial charge is 0.346 e. The highest BCUT2D eigenvalue weighted by Gasteiger charge is 2.19. The first-order chi connectivity index (χ1) is 5.65.